The first kappa shape index (κ1) is 20.0. The molecule has 0 aliphatic carbocycles. The van der Waals surface area contributed by atoms with Crippen molar-refractivity contribution < 1.29 is 29.2 Å². The van der Waals surface area contributed by atoms with Crippen LogP contribution >= 0.6 is 0 Å². The van der Waals surface area contributed by atoms with E-state index < -0.39 is 30.2 Å². The summed E-state index contributed by atoms with van der Waals surface area (Å²) in [6.45, 7) is 7.47. The van der Waals surface area contributed by atoms with Gasteiger partial charge in [0, 0.05) is 13.5 Å². The predicted octanol–water partition coefficient (Wildman–Crippen LogP) is 0.371. The van der Waals surface area contributed by atoms with Crippen molar-refractivity contribution in [3.8, 4) is 0 Å². The lowest BCUT2D eigenvalue weighted by Crippen LogP contribution is -2.64. The highest BCUT2D eigenvalue weighted by Gasteiger charge is 2.49. The largest absolute Gasteiger partial charge is 0.389 e. The van der Waals surface area contributed by atoms with Crippen molar-refractivity contribution in [3.05, 3.63) is 0 Å². The summed E-state index contributed by atoms with van der Waals surface area (Å²) in [6, 6.07) is -0.205. The van der Waals surface area contributed by atoms with Gasteiger partial charge >= 0.3 is 0 Å². The molecule has 0 spiro atoms. The molecule has 2 saturated heterocycles. The van der Waals surface area contributed by atoms with Gasteiger partial charge in [0.1, 0.15) is 12.2 Å². The van der Waals surface area contributed by atoms with E-state index in [1.54, 1.807) is 14.0 Å². The summed E-state index contributed by atoms with van der Waals surface area (Å²) in [7, 11) is 5.42. The molecule has 0 bridgehead atoms. The van der Waals surface area contributed by atoms with Gasteiger partial charge in [0.15, 0.2) is 6.29 Å². The monoisotopic (exact) mass is 347 g/mol. The molecule has 0 aromatic heterocycles. The molecule has 0 radical (unpaired) electrons. The Morgan fingerprint density at radius 3 is 2.21 bits per heavy atom. The van der Waals surface area contributed by atoms with Crippen molar-refractivity contribution in [1.82, 2.24) is 4.90 Å². The fourth-order valence-corrected chi connectivity index (χ4v) is 3.81. The van der Waals surface area contributed by atoms with E-state index in [1.165, 1.54) is 0 Å². The Labute approximate surface area is 144 Å². The van der Waals surface area contributed by atoms with Crippen molar-refractivity contribution in [2.75, 3.05) is 21.2 Å². The van der Waals surface area contributed by atoms with Crippen molar-refractivity contribution in [3.63, 3.8) is 0 Å². The van der Waals surface area contributed by atoms with Gasteiger partial charge in [0.25, 0.3) is 0 Å². The summed E-state index contributed by atoms with van der Waals surface area (Å²) in [5.74, 6) is 0. The lowest BCUT2D eigenvalue weighted by atomic mass is 9.88. The maximum absolute atomic E-state index is 10.5. The average Bonchev–Trinajstić information content (AvgIpc) is 2.50. The fourth-order valence-electron chi connectivity index (χ4n) is 3.81. The van der Waals surface area contributed by atoms with Crippen molar-refractivity contribution in [2.45, 2.75) is 88.7 Å². The van der Waals surface area contributed by atoms with Crippen LogP contribution in [0.25, 0.3) is 0 Å². The van der Waals surface area contributed by atoms with Crippen LogP contribution in [0.1, 0.15) is 34.1 Å². The second-order valence-electron chi connectivity index (χ2n) is 7.53. The number of ether oxygens (including phenoxy) is 4. The molecule has 2 aliphatic heterocycles. The van der Waals surface area contributed by atoms with Crippen LogP contribution in [0.2, 0.25) is 0 Å². The van der Waals surface area contributed by atoms with E-state index in [1.807, 2.05) is 39.8 Å². The smallest absolute Gasteiger partial charge is 0.161 e. The third-order valence-electron chi connectivity index (χ3n) is 5.44. The lowest BCUT2D eigenvalue weighted by molar-refractivity contribution is -0.313. The van der Waals surface area contributed by atoms with E-state index in [0.717, 1.165) is 0 Å². The second-order valence-corrected chi connectivity index (χ2v) is 7.53. The van der Waals surface area contributed by atoms with Crippen LogP contribution in [0.5, 0.6) is 0 Å². The topological polar surface area (TPSA) is 80.6 Å². The van der Waals surface area contributed by atoms with E-state index in [0.29, 0.717) is 6.42 Å². The van der Waals surface area contributed by atoms with E-state index >= 15 is 0 Å². The molecule has 7 heteroatoms. The molecule has 0 aromatic carbocycles. The van der Waals surface area contributed by atoms with Gasteiger partial charge in [-0.2, -0.15) is 0 Å². The van der Waals surface area contributed by atoms with E-state index in [4.69, 9.17) is 18.9 Å². The van der Waals surface area contributed by atoms with Crippen LogP contribution in [0.4, 0.5) is 0 Å². The van der Waals surface area contributed by atoms with Gasteiger partial charge in [-0.05, 0) is 41.8 Å². The molecular weight excluding hydrogens is 314 g/mol. The van der Waals surface area contributed by atoms with Gasteiger partial charge in [0.2, 0.25) is 0 Å². The zero-order chi connectivity index (χ0) is 18.2. The highest BCUT2D eigenvalue weighted by molar-refractivity contribution is 4.97. The molecule has 0 saturated carbocycles. The molecule has 24 heavy (non-hydrogen) atoms. The zero-order valence-corrected chi connectivity index (χ0v) is 15.8. The second kappa shape index (κ2) is 7.53. The van der Waals surface area contributed by atoms with Gasteiger partial charge in [-0.25, -0.2) is 0 Å². The minimum absolute atomic E-state index is 0.185. The molecule has 2 heterocycles. The molecule has 2 fully saturated rings. The molecule has 2 aliphatic rings. The van der Waals surface area contributed by atoms with Crippen LogP contribution < -0.4 is 0 Å². The molecule has 2 rings (SSSR count). The molecule has 0 amide bonds. The predicted molar refractivity (Wildman–Crippen MR) is 88.7 cm³/mol. The standard InChI is InChI=1S/C17H33NO6/c1-9-14(19)13(18(5)6)15(10(2)22-9)24-12-8-17(4,21-7)16(20)11(3)23-12/h9-16,19-20H,8H2,1-7H3/t9-,10+,11+,12-,13?,14?,15+,16-,17?/m0/s1. The van der Waals surface area contributed by atoms with Gasteiger partial charge < -0.3 is 34.1 Å². The van der Waals surface area contributed by atoms with Crippen molar-refractivity contribution in [1.29, 1.82) is 0 Å². The summed E-state index contributed by atoms with van der Waals surface area (Å²) < 4.78 is 23.4. The van der Waals surface area contributed by atoms with Crippen LogP contribution in [-0.4, -0.2) is 90.9 Å². The number of hydrogen-bond donors (Lipinski definition) is 2. The Morgan fingerprint density at radius 1 is 1.04 bits per heavy atom. The van der Waals surface area contributed by atoms with Crippen LogP contribution in [0.3, 0.4) is 0 Å². The van der Waals surface area contributed by atoms with Gasteiger partial charge in [-0.15, -0.1) is 0 Å². The summed E-state index contributed by atoms with van der Waals surface area (Å²) in [5, 5.41) is 20.8. The molecule has 9 atom stereocenters. The molecule has 2 N–H and O–H groups in total. The minimum atomic E-state index is -0.735. The Kier molecular flexibility index (Phi) is 6.29. The van der Waals surface area contributed by atoms with Crippen molar-refractivity contribution >= 4 is 0 Å². The van der Waals surface area contributed by atoms with E-state index in [-0.39, 0.29) is 24.4 Å². The number of methoxy groups -OCH3 is 1. The molecule has 3 unspecified atom stereocenters. The Morgan fingerprint density at radius 2 is 1.67 bits per heavy atom. The summed E-state index contributed by atoms with van der Waals surface area (Å²) in [4.78, 5) is 1.96. The first-order chi connectivity index (χ1) is 11.1. The third kappa shape index (κ3) is 3.77. The van der Waals surface area contributed by atoms with Gasteiger partial charge in [-0.1, -0.05) is 0 Å². The molecular formula is C17H33NO6. The van der Waals surface area contributed by atoms with E-state index in [9.17, 15) is 10.2 Å². The highest BCUT2D eigenvalue weighted by Crippen LogP contribution is 2.35. The van der Waals surface area contributed by atoms with Crippen LogP contribution in [0.15, 0.2) is 0 Å². The van der Waals surface area contributed by atoms with Crippen molar-refractivity contribution in [2.24, 2.45) is 0 Å². The maximum atomic E-state index is 10.5. The quantitative estimate of drug-likeness (QED) is 0.760. The summed E-state index contributed by atoms with van der Waals surface area (Å²) in [6.07, 6.45) is -2.70. The summed E-state index contributed by atoms with van der Waals surface area (Å²) in [5.41, 5.74) is -0.735. The SMILES string of the molecule is COC1(C)C[C@H](O[C@H]2C(N(C)C)C(O)[C@H](C)O[C@@H]2C)O[C@H](C)[C@@H]1O. The van der Waals surface area contributed by atoms with E-state index in [2.05, 4.69) is 0 Å². The van der Waals surface area contributed by atoms with Crippen LogP contribution in [0, 0.1) is 0 Å². The highest BCUT2D eigenvalue weighted by atomic mass is 16.7. The normalized spacial score (nSPS) is 50.2. The zero-order valence-electron chi connectivity index (χ0n) is 15.8. The molecule has 7 nitrogen and oxygen atoms in total. The first-order valence-electron chi connectivity index (χ1n) is 8.64. The number of aliphatic hydroxyl groups excluding tert-OH is 2. The Hall–Kier alpha value is -0.280. The Bertz CT molecular complexity index is 422. The first-order valence-corrected chi connectivity index (χ1v) is 8.64. The maximum Gasteiger partial charge on any atom is 0.161 e. The Balaban J connectivity index is 2.15. The minimum Gasteiger partial charge on any atom is -0.389 e. The number of nitrogens with zero attached hydrogens (tertiary/aromatic N) is 1. The van der Waals surface area contributed by atoms with Gasteiger partial charge in [0.05, 0.1) is 36.1 Å². The number of aliphatic hydroxyl groups is 2. The fraction of sp³-hybridized carbons (Fsp3) is 1.00. The van der Waals surface area contributed by atoms with Gasteiger partial charge in [-0.3, -0.25) is 0 Å². The molecule has 0 aromatic rings. The number of hydrogen-bond acceptors (Lipinski definition) is 7. The third-order valence-corrected chi connectivity index (χ3v) is 5.44. The number of likely N-dealkylation sites (N-methyl/N-ethyl adjacent to an activating group) is 1. The number of rotatable bonds is 4. The average molecular weight is 347 g/mol. The lowest BCUT2D eigenvalue weighted by Gasteiger charge is -2.49. The van der Waals surface area contributed by atoms with Crippen LogP contribution in [-0.2, 0) is 18.9 Å². The molecule has 142 valence electrons. The summed E-state index contributed by atoms with van der Waals surface area (Å²) >= 11 is 0.